The minimum Gasteiger partial charge on any atom is -0.375 e. The van der Waals surface area contributed by atoms with Crippen molar-refractivity contribution in [3.8, 4) is 0 Å². The van der Waals surface area contributed by atoms with Gasteiger partial charge in [0.2, 0.25) is 0 Å². The lowest BCUT2D eigenvalue weighted by Gasteiger charge is -2.43. The zero-order valence-corrected chi connectivity index (χ0v) is 10.5. The van der Waals surface area contributed by atoms with Gasteiger partial charge in [0.1, 0.15) is 5.78 Å². The molecule has 1 aliphatic heterocycles. The molecular weight excluding hydrogens is 226 g/mol. The summed E-state index contributed by atoms with van der Waals surface area (Å²) in [6, 6.07) is 10.8. The molecule has 2 fully saturated rings. The van der Waals surface area contributed by atoms with Crippen LogP contribution in [-0.2, 0) is 16.1 Å². The standard InChI is InChI=1S/C15H19NO2/c17-13-6-7-15-14(10-13)16(8-9-18-15)11-12-4-2-1-3-5-12/h1-5,14-15H,6-11H2. The van der Waals surface area contributed by atoms with Crippen LogP contribution in [0.2, 0.25) is 0 Å². The van der Waals surface area contributed by atoms with Crippen LogP contribution >= 0.6 is 0 Å². The highest BCUT2D eigenvalue weighted by Crippen LogP contribution is 2.27. The van der Waals surface area contributed by atoms with E-state index < -0.39 is 0 Å². The molecule has 2 aliphatic rings. The van der Waals surface area contributed by atoms with Crippen LogP contribution in [0.3, 0.4) is 0 Å². The van der Waals surface area contributed by atoms with Crippen LogP contribution in [0, 0.1) is 0 Å². The van der Waals surface area contributed by atoms with Crippen molar-refractivity contribution in [1.29, 1.82) is 0 Å². The fourth-order valence-corrected chi connectivity index (χ4v) is 3.02. The smallest absolute Gasteiger partial charge is 0.134 e. The molecule has 0 bridgehead atoms. The highest BCUT2D eigenvalue weighted by molar-refractivity contribution is 5.80. The number of carbonyl (C=O) groups excluding carboxylic acids is 1. The summed E-state index contributed by atoms with van der Waals surface area (Å²) in [5.74, 6) is 0.389. The zero-order valence-electron chi connectivity index (χ0n) is 10.5. The Labute approximate surface area is 108 Å². The Kier molecular flexibility index (Phi) is 3.43. The Morgan fingerprint density at radius 2 is 2.11 bits per heavy atom. The number of benzene rings is 1. The summed E-state index contributed by atoms with van der Waals surface area (Å²) in [6.45, 7) is 2.66. The molecule has 0 aromatic heterocycles. The first kappa shape index (κ1) is 11.9. The Morgan fingerprint density at radius 3 is 2.94 bits per heavy atom. The first-order chi connectivity index (χ1) is 8.83. The highest BCUT2D eigenvalue weighted by atomic mass is 16.5. The van der Waals surface area contributed by atoms with Gasteiger partial charge in [-0.1, -0.05) is 30.3 Å². The van der Waals surface area contributed by atoms with Crippen LogP contribution < -0.4 is 0 Å². The molecule has 1 aliphatic carbocycles. The molecule has 0 radical (unpaired) electrons. The predicted molar refractivity (Wildman–Crippen MR) is 69.2 cm³/mol. The lowest BCUT2D eigenvalue weighted by atomic mass is 9.89. The molecule has 3 rings (SSSR count). The van der Waals surface area contributed by atoms with Gasteiger partial charge in [0.05, 0.1) is 12.7 Å². The SMILES string of the molecule is O=C1CCC2OCCN(Cc3ccccc3)C2C1. The number of Topliss-reactive ketones (excluding diaryl/α,β-unsaturated/α-hetero) is 1. The molecule has 1 aromatic carbocycles. The van der Waals surface area contributed by atoms with Gasteiger partial charge in [0, 0.05) is 32.0 Å². The van der Waals surface area contributed by atoms with Crippen molar-refractivity contribution in [1.82, 2.24) is 4.90 Å². The van der Waals surface area contributed by atoms with E-state index in [9.17, 15) is 4.79 Å². The minimum atomic E-state index is 0.264. The van der Waals surface area contributed by atoms with Crippen LogP contribution in [0.4, 0.5) is 0 Å². The van der Waals surface area contributed by atoms with Gasteiger partial charge in [-0.05, 0) is 12.0 Å². The predicted octanol–water partition coefficient (Wildman–Crippen LogP) is 2.01. The topological polar surface area (TPSA) is 29.5 Å². The number of ether oxygens (including phenoxy) is 1. The average molecular weight is 245 g/mol. The van der Waals surface area contributed by atoms with E-state index in [2.05, 4.69) is 29.2 Å². The molecule has 0 amide bonds. The molecule has 3 heteroatoms. The second kappa shape index (κ2) is 5.21. The van der Waals surface area contributed by atoms with Gasteiger partial charge in [-0.15, -0.1) is 0 Å². The minimum absolute atomic E-state index is 0.264. The number of hydrogen-bond donors (Lipinski definition) is 0. The molecule has 0 spiro atoms. The lowest BCUT2D eigenvalue weighted by Crippen LogP contribution is -2.53. The second-order valence-electron chi connectivity index (χ2n) is 5.21. The molecule has 3 nitrogen and oxygen atoms in total. The van der Waals surface area contributed by atoms with E-state index in [0.29, 0.717) is 24.7 Å². The maximum Gasteiger partial charge on any atom is 0.134 e. The number of fused-ring (bicyclic) bond motifs is 1. The maximum absolute atomic E-state index is 11.6. The van der Waals surface area contributed by atoms with Gasteiger partial charge >= 0.3 is 0 Å². The summed E-state index contributed by atoms with van der Waals surface area (Å²) in [5, 5.41) is 0. The summed E-state index contributed by atoms with van der Waals surface area (Å²) in [5.41, 5.74) is 1.32. The van der Waals surface area contributed by atoms with Crippen molar-refractivity contribution >= 4 is 5.78 Å². The number of rotatable bonds is 2. The normalized spacial score (nSPS) is 29.0. The summed E-state index contributed by atoms with van der Waals surface area (Å²) < 4.78 is 5.80. The third-order valence-corrected chi connectivity index (χ3v) is 3.98. The number of hydrogen-bond acceptors (Lipinski definition) is 3. The molecular formula is C15H19NO2. The molecule has 2 atom stereocenters. The van der Waals surface area contributed by atoms with Crippen LogP contribution in [0.25, 0.3) is 0 Å². The van der Waals surface area contributed by atoms with E-state index in [1.54, 1.807) is 0 Å². The fraction of sp³-hybridized carbons (Fsp3) is 0.533. The van der Waals surface area contributed by atoms with Gasteiger partial charge in [-0.2, -0.15) is 0 Å². The Hall–Kier alpha value is -1.19. The summed E-state index contributed by atoms with van der Waals surface area (Å²) >= 11 is 0. The third kappa shape index (κ3) is 2.47. The molecule has 1 heterocycles. The van der Waals surface area contributed by atoms with E-state index in [4.69, 9.17) is 4.74 Å². The fourth-order valence-electron chi connectivity index (χ4n) is 3.02. The molecule has 0 N–H and O–H groups in total. The van der Waals surface area contributed by atoms with E-state index in [1.807, 2.05) is 6.07 Å². The quantitative estimate of drug-likeness (QED) is 0.798. The van der Waals surface area contributed by atoms with Gasteiger partial charge < -0.3 is 4.74 Å². The molecule has 18 heavy (non-hydrogen) atoms. The first-order valence-electron chi connectivity index (χ1n) is 6.74. The van der Waals surface area contributed by atoms with Crippen LogP contribution in [0.15, 0.2) is 30.3 Å². The number of morpholine rings is 1. The molecule has 1 saturated carbocycles. The second-order valence-corrected chi connectivity index (χ2v) is 5.21. The van der Waals surface area contributed by atoms with Crippen molar-refractivity contribution in [3.63, 3.8) is 0 Å². The van der Waals surface area contributed by atoms with Crippen LogP contribution in [-0.4, -0.2) is 36.0 Å². The van der Waals surface area contributed by atoms with E-state index >= 15 is 0 Å². The number of ketones is 1. The third-order valence-electron chi connectivity index (χ3n) is 3.98. The van der Waals surface area contributed by atoms with E-state index in [0.717, 1.165) is 26.1 Å². The summed E-state index contributed by atoms with van der Waals surface area (Å²) in [6.07, 6.45) is 2.52. The van der Waals surface area contributed by atoms with Gasteiger partial charge in [0.25, 0.3) is 0 Å². The van der Waals surface area contributed by atoms with E-state index in [1.165, 1.54) is 5.56 Å². The monoisotopic (exact) mass is 245 g/mol. The molecule has 2 unspecified atom stereocenters. The lowest BCUT2D eigenvalue weighted by molar-refractivity contribution is -0.135. The first-order valence-corrected chi connectivity index (χ1v) is 6.74. The summed E-state index contributed by atoms with van der Waals surface area (Å²) in [4.78, 5) is 14.1. The molecule has 96 valence electrons. The van der Waals surface area contributed by atoms with Gasteiger partial charge in [-0.3, -0.25) is 9.69 Å². The Morgan fingerprint density at radius 1 is 1.28 bits per heavy atom. The average Bonchev–Trinajstić information content (AvgIpc) is 2.41. The van der Waals surface area contributed by atoms with Gasteiger partial charge in [0.15, 0.2) is 0 Å². The van der Waals surface area contributed by atoms with E-state index in [-0.39, 0.29) is 6.10 Å². The number of carbonyl (C=O) groups is 1. The zero-order chi connectivity index (χ0) is 12.4. The van der Waals surface area contributed by atoms with Crippen molar-refractivity contribution in [2.75, 3.05) is 13.2 Å². The van der Waals surface area contributed by atoms with Crippen molar-refractivity contribution in [2.24, 2.45) is 0 Å². The Balaban J connectivity index is 1.72. The van der Waals surface area contributed by atoms with Gasteiger partial charge in [-0.25, -0.2) is 0 Å². The molecule has 1 saturated heterocycles. The largest absolute Gasteiger partial charge is 0.375 e. The van der Waals surface area contributed by atoms with Crippen molar-refractivity contribution < 1.29 is 9.53 Å². The van der Waals surface area contributed by atoms with Crippen LogP contribution in [0.5, 0.6) is 0 Å². The number of nitrogens with zero attached hydrogens (tertiary/aromatic N) is 1. The molecule has 1 aromatic rings. The Bertz CT molecular complexity index is 418. The highest BCUT2D eigenvalue weighted by Gasteiger charge is 2.36. The summed E-state index contributed by atoms with van der Waals surface area (Å²) in [7, 11) is 0. The van der Waals surface area contributed by atoms with Crippen LogP contribution in [0.1, 0.15) is 24.8 Å². The maximum atomic E-state index is 11.6. The van der Waals surface area contributed by atoms with Crippen molar-refractivity contribution in [3.05, 3.63) is 35.9 Å². The van der Waals surface area contributed by atoms with Crippen molar-refractivity contribution in [2.45, 2.75) is 38.0 Å².